The molecule has 1 aromatic heterocycles. The number of benzene rings is 2. The molecule has 0 saturated carbocycles. The Morgan fingerprint density at radius 3 is 2.43 bits per heavy atom. The fourth-order valence-electron chi connectivity index (χ4n) is 2.48. The molecule has 0 fully saturated rings. The van der Waals surface area contributed by atoms with Gasteiger partial charge in [0.15, 0.2) is 0 Å². The number of hydrogen-bond donors (Lipinski definition) is 2. The molecule has 0 aliphatic carbocycles. The summed E-state index contributed by atoms with van der Waals surface area (Å²) in [6.45, 7) is 2.45. The number of hydrogen-bond acceptors (Lipinski definition) is 4. The van der Waals surface area contributed by atoms with Gasteiger partial charge in [-0.25, -0.2) is 0 Å². The maximum atomic E-state index is 12.5. The fraction of sp³-hybridized carbons (Fsp3) is 0.0952. The van der Waals surface area contributed by atoms with E-state index in [4.69, 9.17) is 16.3 Å². The zero-order valence-corrected chi connectivity index (χ0v) is 15.9. The van der Waals surface area contributed by atoms with Gasteiger partial charge in [0.1, 0.15) is 5.75 Å². The van der Waals surface area contributed by atoms with E-state index in [1.165, 1.54) is 12.3 Å². The van der Waals surface area contributed by atoms with Gasteiger partial charge in [0.2, 0.25) is 0 Å². The van der Waals surface area contributed by atoms with Gasteiger partial charge in [-0.1, -0.05) is 11.6 Å². The molecule has 6 nitrogen and oxygen atoms in total. The van der Waals surface area contributed by atoms with E-state index in [1.807, 2.05) is 6.92 Å². The van der Waals surface area contributed by atoms with Gasteiger partial charge in [0.25, 0.3) is 11.8 Å². The van der Waals surface area contributed by atoms with Crippen LogP contribution in [0.2, 0.25) is 5.02 Å². The number of carbonyl (C=O) groups excluding carboxylic acids is 2. The van der Waals surface area contributed by atoms with Crippen LogP contribution in [0.3, 0.4) is 0 Å². The minimum Gasteiger partial charge on any atom is -0.494 e. The Morgan fingerprint density at radius 2 is 1.75 bits per heavy atom. The van der Waals surface area contributed by atoms with Crippen molar-refractivity contribution >= 4 is 34.8 Å². The second-order valence-electron chi connectivity index (χ2n) is 5.80. The van der Waals surface area contributed by atoms with Crippen molar-refractivity contribution in [3.05, 3.63) is 83.1 Å². The lowest BCUT2D eigenvalue weighted by molar-refractivity contribution is 0.101. The molecule has 2 N–H and O–H groups in total. The molecule has 2 aromatic carbocycles. The summed E-state index contributed by atoms with van der Waals surface area (Å²) in [6.07, 6.45) is 3.14. The van der Waals surface area contributed by atoms with Gasteiger partial charge >= 0.3 is 0 Å². The van der Waals surface area contributed by atoms with E-state index >= 15 is 0 Å². The van der Waals surface area contributed by atoms with E-state index in [1.54, 1.807) is 54.7 Å². The maximum absolute atomic E-state index is 12.5. The van der Waals surface area contributed by atoms with Crippen molar-refractivity contribution in [1.82, 2.24) is 4.98 Å². The zero-order chi connectivity index (χ0) is 19.9. The summed E-state index contributed by atoms with van der Waals surface area (Å²) in [5, 5.41) is 5.76. The number of carbonyl (C=O) groups is 2. The van der Waals surface area contributed by atoms with Crippen molar-refractivity contribution in [2.75, 3.05) is 17.2 Å². The molecule has 7 heteroatoms. The molecule has 0 aliphatic heterocycles. The second kappa shape index (κ2) is 9.01. The van der Waals surface area contributed by atoms with Crippen molar-refractivity contribution in [1.29, 1.82) is 0 Å². The first-order valence-electron chi connectivity index (χ1n) is 8.62. The molecular weight excluding hydrogens is 378 g/mol. The minimum atomic E-state index is -0.393. The average molecular weight is 396 g/mol. The number of pyridine rings is 1. The highest BCUT2D eigenvalue weighted by Gasteiger charge is 2.13. The Balaban J connectivity index is 1.73. The normalized spacial score (nSPS) is 10.2. The van der Waals surface area contributed by atoms with Crippen LogP contribution in [0.5, 0.6) is 5.75 Å². The third-order valence-corrected chi connectivity index (χ3v) is 4.15. The highest BCUT2D eigenvalue weighted by atomic mass is 35.5. The van der Waals surface area contributed by atoms with Gasteiger partial charge in [-0.15, -0.1) is 0 Å². The molecule has 0 radical (unpaired) electrons. The number of nitrogens with zero attached hydrogens (tertiary/aromatic N) is 1. The van der Waals surface area contributed by atoms with Crippen LogP contribution < -0.4 is 15.4 Å². The van der Waals surface area contributed by atoms with E-state index in [9.17, 15) is 9.59 Å². The molecule has 2 amide bonds. The molecule has 0 aliphatic rings. The van der Waals surface area contributed by atoms with Crippen molar-refractivity contribution in [2.24, 2.45) is 0 Å². The highest BCUT2D eigenvalue weighted by molar-refractivity contribution is 6.34. The summed E-state index contributed by atoms with van der Waals surface area (Å²) in [7, 11) is 0. The Labute approximate surface area is 167 Å². The van der Waals surface area contributed by atoms with Crippen LogP contribution in [-0.2, 0) is 0 Å². The van der Waals surface area contributed by atoms with E-state index in [2.05, 4.69) is 15.6 Å². The molecule has 1 heterocycles. The van der Waals surface area contributed by atoms with Crippen molar-refractivity contribution in [3.63, 3.8) is 0 Å². The first-order chi connectivity index (χ1) is 13.6. The molecule has 0 unspecified atom stereocenters. The van der Waals surface area contributed by atoms with Gasteiger partial charge in [0.05, 0.1) is 29.1 Å². The van der Waals surface area contributed by atoms with Crippen molar-refractivity contribution in [3.8, 4) is 5.75 Å². The summed E-state index contributed by atoms with van der Waals surface area (Å²) >= 11 is 6.15. The summed E-state index contributed by atoms with van der Waals surface area (Å²) in [6, 6.07) is 15.0. The first kappa shape index (κ1) is 19.4. The van der Waals surface area contributed by atoms with Gasteiger partial charge in [-0.3, -0.25) is 14.6 Å². The van der Waals surface area contributed by atoms with E-state index in [-0.39, 0.29) is 16.5 Å². The lowest BCUT2D eigenvalue weighted by atomic mass is 10.1. The number of anilines is 2. The minimum absolute atomic E-state index is 0.245. The standard InChI is InChI=1S/C21H18ClN3O3/c1-2-28-17-8-5-14(6-9-17)20(26)24-15-7-10-19(22)18(12-15)21(27)25-16-4-3-11-23-13-16/h3-13H,2H2,1H3,(H,24,26)(H,25,27). The van der Waals surface area contributed by atoms with Crippen LogP contribution >= 0.6 is 11.6 Å². The van der Waals surface area contributed by atoms with E-state index in [0.717, 1.165) is 0 Å². The summed E-state index contributed by atoms with van der Waals surface area (Å²) in [5.74, 6) is -0.000873. The molecule has 0 bridgehead atoms. The molecular formula is C21H18ClN3O3. The third kappa shape index (κ3) is 4.86. The van der Waals surface area contributed by atoms with Crippen LogP contribution in [0.4, 0.5) is 11.4 Å². The zero-order valence-electron chi connectivity index (χ0n) is 15.1. The first-order valence-corrected chi connectivity index (χ1v) is 8.99. The van der Waals surface area contributed by atoms with Crippen LogP contribution in [-0.4, -0.2) is 23.4 Å². The average Bonchev–Trinajstić information content (AvgIpc) is 2.71. The van der Waals surface area contributed by atoms with Gasteiger partial charge in [-0.05, 0) is 61.5 Å². The van der Waals surface area contributed by atoms with E-state index in [0.29, 0.717) is 29.3 Å². The Morgan fingerprint density at radius 1 is 1.00 bits per heavy atom. The van der Waals surface area contributed by atoms with Crippen LogP contribution in [0.15, 0.2) is 67.0 Å². The molecule has 0 spiro atoms. The lowest BCUT2D eigenvalue weighted by Crippen LogP contribution is -2.15. The molecule has 142 valence electrons. The van der Waals surface area contributed by atoms with Crippen LogP contribution in [0, 0.1) is 0 Å². The fourth-order valence-corrected chi connectivity index (χ4v) is 2.69. The number of halogens is 1. The molecule has 0 atom stereocenters. The monoisotopic (exact) mass is 395 g/mol. The molecule has 28 heavy (non-hydrogen) atoms. The van der Waals surface area contributed by atoms with Crippen LogP contribution in [0.1, 0.15) is 27.6 Å². The Bertz CT molecular complexity index is 976. The third-order valence-electron chi connectivity index (χ3n) is 3.82. The summed E-state index contributed by atoms with van der Waals surface area (Å²) < 4.78 is 5.37. The number of ether oxygens (including phenoxy) is 1. The molecule has 0 saturated heterocycles. The van der Waals surface area contributed by atoms with Crippen molar-refractivity contribution in [2.45, 2.75) is 6.92 Å². The Hall–Kier alpha value is -3.38. The highest BCUT2D eigenvalue weighted by Crippen LogP contribution is 2.23. The Kier molecular flexibility index (Phi) is 6.24. The number of amides is 2. The van der Waals surface area contributed by atoms with Gasteiger partial charge in [0, 0.05) is 17.4 Å². The second-order valence-corrected chi connectivity index (χ2v) is 6.21. The largest absolute Gasteiger partial charge is 0.494 e. The quantitative estimate of drug-likeness (QED) is 0.637. The predicted octanol–water partition coefficient (Wildman–Crippen LogP) is 4.64. The predicted molar refractivity (Wildman–Crippen MR) is 109 cm³/mol. The van der Waals surface area contributed by atoms with Gasteiger partial charge < -0.3 is 15.4 Å². The summed E-state index contributed by atoms with van der Waals surface area (Å²) in [5.41, 5.74) is 1.72. The lowest BCUT2D eigenvalue weighted by Gasteiger charge is -2.10. The number of aromatic nitrogens is 1. The number of rotatable bonds is 6. The summed E-state index contributed by atoms with van der Waals surface area (Å²) in [4.78, 5) is 28.9. The maximum Gasteiger partial charge on any atom is 0.257 e. The topological polar surface area (TPSA) is 80.3 Å². The molecule has 3 rings (SSSR count). The van der Waals surface area contributed by atoms with Crippen molar-refractivity contribution < 1.29 is 14.3 Å². The smallest absolute Gasteiger partial charge is 0.257 e. The van der Waals surface area contributed by atoms with E-state index < -0.39 is 5.91 Å². The number of nitrogens with one attached hydrogen (secondary N) is 2. The molecule has 3 aromatic rings. The SMILES string of the molecule is CCOc1ccc(C(=O)Nc2ccc(Cl)c(C(=O)Nc3cccnc3)c2)cc1. The van der Waals surface area contributed by atoms with Gasteiger partial charge in [-0.2, -0.15) is 0 Å². The van der Waals surface area contributed by atoms with Crippen LogP contribution in [0.25, 0.3) is 0 Å².